The lowest BCUT2D eigenvalue weighted by atomic mass is 9.93. The highest BCUT2D eigenvalue weighted by atomic mass is 16.5. The number of rotatable bonds is 19. The van der Waals surface area contributed by atoms with Crippen molar-refractivity contribution >= 4 is 35.2 Å². The number of nitrogens with zero attached hydrogens (tertiary/aromatic N) is 2. The van der Waals surface area contributed by atoms with E-state index in [1.165, 1.54) is 31.7 Å². The van der Waals surface area contributed by atoms with Crippen LogP contribution in [0.4, 0.5) is 5.69 Å². The summed E-state index contributed by atoms with van der Waals surface area (Å²) < 4.78 is 12.1. The van der Waals surface area contributed by atoms with E-state index in [1.807, 2.05) is 42.5 Å². The summed E-state index contributed by atoms with van der Waals surface area (Å²) in [5.41, 5.74) is 22.0. The molecule has 1 heterocycles. The number of fused-ring (bicyclic) bond motifs is 5. The van der Waals surface area contributed by atoms with Gasteiger partial charge in [0, 0.05) is 55.5 Å². The van der Waals surface area contributed by atoms with Crippen LogP contribution in [0.15, 0.2) is 84.9 Å². The van der Waals surface area contributed by atoms with E-state index < -0.39 is 54.2 Å². The molecule has 0 spiro atoms. The van der Waals surface area contributed by atoms with Gasteiger partial charge in [0.25, 0.3) is 5.91 Å². The molecule has 0 saturated carbocycles. The molecule has 1 aliphatic rings. The maximum absolute atomic E-state index is 14.3. The Morgan fingerprint density at radius 2 is 1.39 bits per heavy atom. The predicted molar refractivity (Wildman–Crippen MR) is 260 cm³/mol. The normalized spacial score (nSPS) is 15.5. The second-order valence-electron chi connectivity index (χ2n) is 15.9. The number of carbonyl (C=O) groups is 5. The molecular weight excluding hydrogens is 853 g/mol. The van der Waals surface area contributed by atoms with Gasteiger partial charge in [-0.15, -0.1) is 0 Å². The van der Waals surface area contributed by atoms with Crippen molar-refractivity contribution in [2.75, 3.05) is 64.8 Å². The van der Waals surface area contributed by atoms with E-state index in [0.717, 1.165) is 42.7 Å². The third-order valence-electron chi connectivity index (χ3n) is 10.8. The quantitative estimate of drug-likeness (QED) is 0.0494. The number of nitrogens with one attached hydrogen (secondary N) is 5. The summed E-state index contributed by atoms with van der Waals surface area (Å²) in [4.78, 5) is 69.5. The molecule has 358 valence electrons. The summed E-state index contributed by atoms with van der Waals surface area (Å²) in [5, 5.41) is 23.1. The largest absolute Gasteiger partial charge is 0.492 e. The Hall–Kier alpha value is -7.00. The average Bonchev–Trinajstić information content (AvgIpc) is 3.34. The first kappa shape index (κ1) is 52.6. The minimum Gasteiger partial charge on any atom is -0.492 e. The molecule has 11 N–H and O–H groups in total. The summed E-state index contributed by atoms with van der Waals surface area (Å²) in [6.45, 7) is 7.48. The Bertz CT molecular complexity index is 2300. The van der Waals surface area contributed by atoms with Crippen LogP contribution in [0.25, 0.3) is 22.3 Å². The zero-order valence-electron chi connectivity index (χ0n) is 39.0. The Morgan fingerprint density at radius 1 is 0.776 bits per heavy atom. The second-order valence-corrected chi connectivity index (χ2v) is 15.9. The highest BCUT2D eigenvalue weighted by Gasteiger charge is 2.33. The lowest BCUT2D eigenvalue weighted by molar-refractivity contribution is -0.139. The van der Waals surface area contributed by atoms with Crippen LogP contribution < -0.4 is 53.3 Å². The maximum atomic E-state index is 14.3. The van der Waals surface area contributed by atoms with Crippen molar-refractivity contribution in [3.8, 4) is 39.8 Å². The molecule has 4 aromatic rings. The van der Waals surface area contributed by atoms with Crippen molar-refractivity contribution in [2.45, 2.75) is 71.0 Å². The van der Waals surface area contributed by atoms with Crippen LogP contribution >= 0.6 is 0 Å². The number of unbranched alkanes of at least 4 members (excludes halogenated alkanes) is 2. The molecule has 0 radical (unpaired) electrons. The number of hydrogen-bond donors (Lipinski definition) is 8. The monoisotopic (exact) mass is 919 g/mol. The third-order valence-corrected chi connectivity index (χ3v) is 10.8. The molecule has 4 bridgehead atoms. The number of anilines is 1. The highest BCUT2D eigenvalue weighted by molar-refractivity contribution is 5.98. The van der Waals surface area contributed by atoms with Crippen molar-refractivity contribution in [1.29, 1.82) is 5.26 Å². The van der Waals surface area contributed by atoms with Crippen molar-refractivity contribution in [3.05, 3.63) is 102 Å². The van der Waals surface area contributed by atoms with E-state index in [9.17, 15) is 24.0 Å². The lowest BCUT2D eigenvalue weighted by Crippen LogP contribution is -2.55. The van der Waals surface area contributed by atoms with E-state index in [4.69, 9.17) is 31.9 Å². The fourth-order valence-corrected chi connectivity index (χ4v) is 7.07. The Labute approximate surface area is 393 Å². The Kier molecular flexibility index (Phi) is 21.6. The van der Waals surface area contributed by atoms with Gasteiger partial charge in [-0.25, -0.2) is 0 Å². The smallest absolute Gasteiger partial charge is 0.251 e. The van der Waals surface area contributed by atoms with Crippen molar-refractivity contribution < 1.29 is 33.4 Å². The van der Waals surface area contributed by atoms with Gasteiger partial charge in [0.05, 0.1) is 12.6 Å². The summed E-state index contributed by atoms with van der Waals surface area (Å²) in [6.07, 6.45) is 4.60. The van der Waals surface area contributed by atoms with Gasteiger partial charge in [-0.1, -0.05) is 63.1 Å². The zero-order valence-corrected chi connectivity index (χ0v) is 39.0. The first-order valence-corrected chi connectivity index (χ1v) is 22.8. The molecule has 17 nitrogen and oxygen atoms in total. The summed E-state index contributed by atoms with van der Waals surface area (Å²) in [6, 6.07) is 23.5. The van der Waals surface area contributed by atoms with E-state index in [-0.39, 0.29) is 39.3 Å². The molecule has 2 unspecified atom stereocenters. The number of likely N-dealkylation sites (N-methyl/N-ethyl adjacent to an activating group) is 1. The SMILES string of the molecule is CCCCN.CCCCNc1ccc(-c2ccc(C(=O)NCC(=O)N(C)C3C(=O)N[C@@H](C)C(=O)NC(C(=O)NCC#N)Cc4ccc(OCCN)c(c4)-c4cc3ccc4OCCN)cc2)cc1. The highest BCUT2D eigenvalue weighted by Crippen LogP contribution is 2.40. The minimum absolute atomic E-state index is 0.0210. The third kappa shape index (κ3) is 15.6. The topological polar surface area (TPSA) is 269 Å². The van der Waals surface area contributed by atoms with Gasteiger partial charge >= 0.3 is 0 Å². The molecule has 0 saturated heterocycles. The molecular formula is C50H66N10O7. The number of ether oxygens (including phenoxy) is 2. The molecule has 0 fully saturated rings. The summed E-state index contributed by atoms with van der Waals surface area (Å²) in [7, 11) is 1.43. The van der Waals surface area contributed by atoms with Crippen LogP contribution in [-0.2, 0) is 25.6 Å². The van der Waals surface area contributed by atoms with Gasteiger partial charge in [0.1, 0.15) is 49.4 Å². The maximum Gasteiger partial charge on any atom is 0.251 e. The molecule has 0 aliphatic carbocycles. The standard InChI is InChI=1S/C46H55N9O7.C4H11N/c1-4-5-21-50-35-14-11-32(12-15-35)31-7-9-33(10-8-31)44(58)52-28-41(56)55(3)42-34-13-17-40(62-24-20-49)37(27-34)36-25-30(6-16-39(36)61-23-19-48)26-38(45(59)51-22-18-47)54-43(57)29(2)53-46(42)60;1-2-3-4-5/h6-17,25,27,29,38,42,50H,4-5,19-24,26,28,48-49H2,1-3H3,(H,51,59)(H,52,58)(H,53,60)(H,54,57);2-5H2,1H3/t29-,38?,42?;/m0./s1. The molecule has 4 aromatic carbocycles. The van der Waals surface area contributed by atoms with Gasteiger partial charge in [-0.05, 0) is 97.1 Å². The molecule has 0 aromatic heterocycles. The average molecular weight is 919 g/mol. The van der Waals surface area contributed by atoms with Gasteiger partial charge in [-0.2, -0.15) is 5.26 Å². The fraction of sp³-hybridized carbons (Fsp3) is 0.400. The van der Waals surface area contributed by atoms with Crippen LogP contribution in [0, 0.1) is 11.3 Å². The van der Waals surface area contributed by atoms with Crippen LogP contribution in [0.3, 0.4) is 0 Å². The zero-order chi connectivity index (χ0) is 48.7. The minimum atomic E-state index is -1.32. The lowest BCUT2D eigenvalue weighted by Gasteiger charge is -2.30. The fourth-order valence-electron chi connectivity index (χ4n) is 7.07. The molecule has 5 rings (SSSR count). The summed E-state index contributed by atoms with van der Waals surface area (Å²) in [5.74, 6) is -2.28. The van der Waals surface area contributed by atoms with E-state index in [2.05, 4.69) is 40.4 Å². The number of nitriles is 1. The molecule has 17 heteroatoms. The van der Waals surface area contributed by atoms with Crippen LogP contribution in [0.5, 0.6) is 11.5 Å². The first-order valence-electron chi connectivity index (χ1n) is 22.8. The second kappa shape index (κ2) is 27.5. The molecule has 5 amide bonds. The number of hydrogen-bond acceptors (Lipinski definition) is 12. The van der Waals surface area contributed by atoms with Crippen molar-refractivity contribution in [3.63, 3.8) is 0 Å². The van der Waals surface area contributed by atoms with E-state index in [0.29, 0.717) is 39.3 Å². The van der Waals surface area contributed by atoms with Crippen LogP contribution in [0.2, 0.25) is 0 Å². The molecule has 67 heavy (non-hydrogen) atoms. The van der Waals surface area contributed by atoms with Gasteiger partial charge < -0.3 is 58.2 Å². The van der Waals surface area contributed by atoms with Gasteiger partial charge in [-0.3, -0.25) is 24.0 Å². The molecule has 1 aliphatic heterocycles. The number of amides is 5. The number of benzene rings is 4. The van der Waals surface area contributed by atoms with Crippen LogP contribution in [-0.4, -0.2) is 106 Å². The molecule has 3 atom stereocenters. The van der Waals surface area contributed by atoms with E-state index >= 15 is 0 Å². The summed E-state index contributed by atoms with van der Waals surface area (Å²) >= 11 is 0. The van der Waals surface area contributed by atoms with Crippen molar-refractivity contribution in [1.82, 2.24) is 26.2 Å². The van der Waals surface area contributed by atoms with Gasteiger partial charge in [0.15, 0.2) is 0 Å². The Balaban J connectivity index is 0.00000186. The number of nitrogens with two attached hydrogens (primary N) is 3. The van der Waals surface area contributed by atoms with E-state index in [1.54, 1.807) is 48.5 Å². The van der Waals surface area contributed by atoms with Crippen LogP contribution in [0.1, 0.15) is 74.0 Å². The number of carbonyl (C=O) groups excluding carboxylic acids is 5. The van der Waals surface area contributed by atoms with Gasteiger partial charge in [0.2, 0.25) is 23.6 Å². The predicted octanol–water partition coefficient (Wildman–Crippen LogP) is 3.77. The first-order chi connectivity index (χ1) is 32.4. The Morgan fingerprint density at radius 3 is 1.97 bits per heavy atom. The van der Waals surface area contributed by atoms with Crippen molar-refractivity contribution in [2.24, 2.45) is 17.2 Å².